The Balaban J connectivity index is 5.19. The Morgan fingerprint density at radius 3 is 0.724 bits per heavy atom. The van der Waals surface area contributed by atoms with Gasteiger partial charge in [0.25, 0.3) is 0 Å². The molecule has 0 saturated carbocycles. The lowest BCUT2D eigenvalue weighted by Gasteiger charge is -2.21. The Kier molecular flexibility index (Phi) is 70.6. The fourth-order valence-electron chi connectivity index (χ4n) is 12.2. The van der Waals surface area contributed by atoms with Crippen molar-refractivity contribution in [2.45, 2.75) is 438 Å². The first-order valence-corrected chi connectivity index (χ1v) is 44.2. The zero-order chi connectivity index (χ0) is 71.9. The summed E-state index contributed by atoms with van der Waals surface area (Å²) in [6, 6.07) is 0. The van der Waals surface area contributed by atoms with Crippen molar-refractivity contribution >= 4 is 39.5 Å². The molecule has 0 aromatic rings. The molecule has 0 rings (SSSR count). The Bertz CT molecular complexity index is 1880. The van der Waals surface area contributed by atoms with Gasteiger partial charge in [0.05, 0.1) is 26.4 Å². The molecule has 3 unspecified atom stereocenters. The van der Waals surface area contributed by atoms with Gasteiger partial charge in [0.2, 0.25) is 0 Å². The molecule has 0 spiro atoms. The molecule has 0 aromatic heterocycles. The number of ether oxygens (including phenoxy) is 4. The summed E-state index contributed by atoms with van der Waals surface area (Å²) in [5.74, 6) is -1.30. The topological polar surface area (TPSA) is 237 Å². The highest BCUT2D eigenvalue weighted by Crippen LogP contribution is 2.45. The van der Waals surface area contributed by atoms with Crippen molar-refractivity contribution in [3.63, 3.8) is 0 Å². The number of aliphatic hydroxyl groups is 1. The fourth-order valence-corrected chi connectivity index (χ4v) is 13.8. The first-order chi connectivity index (χ1) is 47.6. The van der Waals surface area contributed by atoms with Crippen LogP contribution in [0.4, 0.5) is 0 Å². The van der Waals surface area contributed by atoms with Crippen LogP contribution in [0, 0.1) is 5.92 Å². The molecule has 98 heavy (non-hydrogen) atoms. The van der Waals surface area contributed by atoms with Crippen molar-refractivity contribution in [3.05, 3.63) is 0 Å². The van der Waals surface area contributed by atoms with E-state index in [4.69, 9.17) is 37.0 Å². The summed E-state index contributed by atoms with van der Waals surface area (Å²) in [5, 5.41) is 10.6. The van der Waals surface area contributed by atoms with E-state index >= 15 is 0 Å². The van der Waals surface area contributed by atoms with E-state index in [9.17, 15) is 43.2 Å². The van der Waals surface area contributed by atoms with Crippen LogP contribution in [-0.4, -0.2) is 96.7 Å². The zero-order valence-electron chi connectivity index (χ0n) is 63.9. The van der Waals surface area contributed by atoms with Crippen LogP contribution >= 0.6 is 15.6 Å². The fraction of sp³-hybridized carbons (Fsp3) is 0.949. The third-order valence-electron chi connectivity index (χ3n) is 18.9. The van der Waals surface area contributed by atoms with E-state index in [2.05, 4.69) is 34.6 Å². The van der Waals surface area contributed by atoms with Crippen LogP contribution in [0.15, 0.2) is 0 Å². The number of hydrogen-bond donors (Lipinski definition) is 3. The van der Waals surface area contributed by atoms with Gasteiger partial charge in [-0.05, 0) is 31.6 Å². The Morgan fingerprint density at radius 2 is 0.490 bits per heavy atom. The zero-order valence-corrected chi connectivity index (χ0v) is 65.7. The molecule has 0 aromatic carbocycles. The lowest BCUT2D eigenvalue weighted by atomic mass is 9.99. The minimum Gasteiger partial charge on any atom is -0.462 e. The highest BCUT2D eigenvalue weighted by Gasteiger charge is 2.30. The third-order valence-corrected chi connectivity index (χ3v) is 20.8. The lowest BCUT2D eigenvalue weighted by Crippen LogP contribution is -2.30. The molecule has 0 radical (unpaired) electrons. The quantitative estimate of drug-likeness (QED) is 0.0222. The number of carbonyl (C=O) groups excluding carboxylic acids is 4. The van der Waals surface area contributed by atoms with Crippen molar-refractivity contribution in [3.8, 4) is 0 Å². The van der Waals surface area contributed by atoms with Crippen LogP contribution in [0.1, 0.15) is 420 Å². The smallest absolute Gasteiger partial charge is 0.462 e. The van der Waals surface area contributed by atoms with Gasteiger partial charge in [-0.3, -0.25) is 37.3 Å². The van der Waals surface area contributed by atoms with Crippen LogP contribution in [0.25, 0.3) is 0 Å². The number of unbranched alkanes of at least 4 members (excludes halogenated alkanes) is 50. The van der Waals surface area contributed by atoms with Gasteiger partial charge < -0.3 is 33.8 Å². The highest BCUT2D eigenvalue weighted by atomic mass is 31.2. The van der Waals surface area contributed by atoms with Gasteiger partial charge in [0.15, 0.2) is 12.2 Å². The number of carbonyl (C=O) groups is 4. The number of rotatable bonds is 79. The maximum Gasteiger partial charge on any atom is 0.472 e. The minimum absolute atomic E-state index is 0.107. The first kappa shape index (κ1) is 96.1. The molecule has 0 heterocycles. The van der Waals surface area contributed by atoms with Crippen LogP contribution in [0.3, 0.4) is 0 Å². The van der Waals surface area contributed by atoms with Crippen molar-refractivity contribution in [2.24, 2.45) is 5.92 Å². The molecular formula is C79H154O17P2. The molecule has 19 heteroatoms. The summed E-state index contributed by atoms with van der Waals surface area (Å²) in [4.78, 5) is 72.9. The van der Waals surface area contributed by atoms with E-state index in [0.29, 0.717) is 25.7 Å². The average Bonchev–Trinajstić information content (AvgIpc) is 0.990. The van der Waals surface area contributed by atoms with Gasteiger partial charge in [-0.1, -0.05) is 369 Å². The molecule has 6 atom stereocenters. The van der Waals surface area contributed by atoms with Gasteiger partial charge >= 0.3 is 39.5 Å². The van der Waals surface area contributed by atoms with E-state index < -0.39 is 97.5 Å². The number of aliphatic hydroxyl groups excluding tert-OH is 1. The predicted octanol–water partition coefficient (Wildman–Crippen LogP) is 23.6. The van der Waals surface area contributed by atoms with Crippen molar-refractivity contribution in [1.82, 2.24) is 0 Å². The predicted molar refractivity (Wildman–Crippen MR) is 400 cm³/mol. The maximum absolute atomic E-state index is 13.1. The highest BCUT2D eigenvalue weighted by molar-refractivity contribution is 7.47. The summed E-state index contributed by atoms with van der Waals surface area (Å²) in [6.07, 6.45) is 62.4. The van der Waals surface area contributed by atoms with Crippen LogP contribution < -0.4 is 0 Å². The molecule has 0 bridgehead atoms. The molecule has 0 amide bonds. The molecular weight excluding hydrogens is 1280 g/mol. The van der Waals surface area contributed by atoms with Crippen molar-refractivity contribution in [1.29, 1.82) is 0 Å². The second kappa shape index (κ2) is 72.0. The van der Waals surface area contributed by atoms with E-state index in [1.165, 1.54) is 244 Å². The third kappa shape index (κ3) is 71.1. The van der Waals surface area contributed by atoms with Gasteiger partial charge in [-0.15, -0.1) is 0 Å². The number of hydrogen-bond acceptors (Lipinski definition) is 15. The Hall–Kier alpha value is -1.94. The summed E-state index contributed by atoms with van der Waals surface area (Å²) in [6.45, 7) is 7.33. The number of phosphoric acid groups is 2. The molecule has 0 fully saturated rings. The normalized spacial score (nSPS) is 14.2. The van der Waals surface area contributed by atoms with Crippen LogP contribution in [-0.2, 0) is 65.4 Å². The first-order valence-electron chi connectivity index (χ1n) is 41.2. The molecule has 3 N–H and O–H groups in total. The largest absolute Gasteiger partial charge is 0.472 e. The lowest BCUT2D eigenvalue weighted by molar-refractivity contribution is -0.161. The van der Waals surface area contributed by atoms with Gasteiger partial charge in [0.1, 0.15) is 19.3 Å². The molecule has 0 aliphatic rings. The van der Waals surface area contributed by atoms with Gasteiger partial charge in [-0.25, -0.2) is 9.13 Å². The summed E-state index contributed by atoms with van der Waals surface area (Å²) in [5.41, 5.74) is 0. The Labute approximate surface area is 600 Å². The van der Waals surface area contributed by atoms with E-state index in [-0.39, 0.29) is 25.7 Å². The summed E-state index contributed by atoms with van der Waals surface area (Å²) in [7, 11) is -9.91. The van der Waals surface area contributed by atoms with E-state index in [1.807, 2.05) is 0 Å². The summed E-state index contributed by atoms with van der Waals surface area (Å²) >= 11 is 0. The van der Waals surface area contributed by atoms with Crippen LogP contribution in [0.2, 0.25) is 0 Å². The van der Waals surface area contributed by atoms with Crippen LogP contribution in [0.5, 0.6) is 0 Å². The average molecular weight is 1440 g/mol. The van der Waals surface area contributed by atoms with E-state index in [0.717, 1.165) is 95.8 Å². The molecule has 17 nitrogen and oxygen atoms in total. The second-order valence-corrected chi connectivity index (χ2v) is 31.6. The monoisotopic (exact) mass is 1440 g/mol. The van der Waals surface area contributed by atoms with E-state index in [1.54, 1.807) is 0 Å². The molecule has 0 saturated heterocycles. The maximum atomic E-state index is 13.1. The standard InChI is InChI=1S/C79H154O17P2/c1-6-10-13-16-19-22-25-26-27-28-29-30-31-32-33-34-35-38-45-50-55-60-65-79(84)96-75(69-90-77(82)63-58-53-48-43-40-39-41-46-51-56-61-72(5)9-4)71-94-98(87,88)92-67-73(80)66-91-97(85,86)93-70-74(95-78(83)64-59-54-49-44-37-24-21-18-15-12-8-3)68-89-76(81)62-57-52-47-42-36-23-20-17-14-11-7-2/h72-75,80H,6-71H2,1-5H3,(H,85,86)(H,87,88)/t72?,73-,74+,75+/m0/s1. The number of esters is 4. The number of phosphoric ester groups is 2. The SMILES string of the molecule is CCCCCCCCCCCCCCCCCCCCCCCCC(=O)O[C@H](COC(=O)CCCCCCCCCCCCC(C)CC)COP(=O)(O)OC[C@@H](O)COP(=O)(O)OC[C@@H](COC(=O)CCCCCCCCCCCCC)OC(=O)CCCCCCCCCCCCC. The van der Waals surface area contributed by atoms with Gasteiger partial charge in [-0.2, -0.15) is 0 Å². The molecule has 582 valence electrons. The summed E-state index contributed by atoms with van der Waals surface area (Å²) < 4.78 is 68.6. The second-order valence-electron chi connectivity index (χ2n) is 28.7. The molecule has 0 aliphatic carbocycles. The van der Waals surface area contributed by atoms with Crippen molar-refractivity contribution in [2.75, 3.05) is 39.6 Å². The van der Waals surface area contributed by atoms with Gasteiger partial charge in [0, 0.05) is 25.7 Å². The molecule has 0 aliphatic heterocycles. The minimum atomic E-state index is -4.96. The Morgan fingerprint density at radius 1 is 0.286 bits per heavy atom. The van der Waals surface area contributed by atoms with Crippen molar-refractivity contribution < 1.29 is 80.2 Å².